The first-order valence-corrected chi connectivity index (χ1v) is 26.2. The molecule has 0 aliphatic carbocycles. The van der Waals surface area contributed by atoms with Crippen molar-refractivity contribution in [2.24, 2.45) is 11.8 Å². The smallest absolute Gasteiger partial charge is 0.309 e. The predicted octanol–water partition coefficient (Wildman–Crippen LogP) is 3.60. The average molecular weight is 1010 g/mol. The molecule has 20 heteroatoms. The molecule has 0 radical (unpaired) electrons. The van der Waals surface area contributed by atoms with E-state index in [0.29, 0.717) is 19.3 Å². The second-order valence-electron chi connectivity index (χ2n) is 20.2. The van der Waals surface area contributed by atoms with Crippen molar-refractivity contribution >= 4 is 17.9 Å². The normalized spacial score (nSPS) is 42.7. The monoisotopic (exact) mass is 1010 g/mol. The number of esters is 3. The van der Waals surface area contributed by atoms with Gasteiger partial charge >= 0.3 is 17.9 Å². The lowest BCUT2D eigenvalue weighted by molar-refractivity contribution is -0.387. The Morgan fingerprint density at radius 2 is 1.07 bits per heavy atom. The van der Waals surface area contributed by atoms with Crippen LogP contribution in [-0.2, 0) is 66.5 Å². The fourth-order valence-corrected chi connectivity index (χ4v) is 9.50. The van der Waals surface area contributed by atoms with Gasteiger partial charge < -0.3 is 82.7 Å². The van der Waals surface area contributed by atoms with Crippen LogP contribution >= 0.6 is 0 Å². The zero-order valence-electron chi connectivity index (χ0n) is 42.8. The molecular formula is C50H86O20. The van der Waals surface area contributed by atoms with Gasteiger partial charge in [-0.05, 0) is 59.8 Å². The minimum Gasteiger partial charge on any atom is -0.457 e. The molecule has 0 saturated carbocycles. The van der Waals surface area contributed by atoms with Crippen LogP contribution in [0.2, 0.25) is 0 Å². The van der Waals surface area contributed by atoms with Crippen LogP contribution in [0.25, 0.3) is 0 Å². The highest BCUT2D eigenvalue weighted by Gasteiger charge is 2.56. The fraction of sp³-hybridized carbons (Fsp3) is 0.940. The van der Waals surface area contributed by atoms with E-state index in [1.807, 2.05) is 6.92 Å². The molecule has 6 N–H and O–H groups in total. The first-order chi connectivity index (χ1) is 33.3. The largest absolute Gasteiger partial charge is 0.457 e. The molecule has 5 aliphatic heterocycles. The van der Waals surface area contributed by atoms with Crippen LogP contribution in [0.1, 0.15) is 159 Å². The number of fused-ring (bicyclic) bond motifs is 2. The van der Waals surface area contributed by atoms with Gasteiger partial charge in [0.05, 0.1) is 42.4 Å². The molecule has 20 nitrogen and oxygen atoms in total. The first kappa shape index (κ1) is 58.7. The lowest BCUT2D eigenvalue weighted by atomic mass is 9.95. The highest BCUT2D eigenvalue weighted by molar-refractivity contribution is 5.72. The Labute approximate surface area is 413 Å². The van der Waals surface area contributed by atoms with E-state index in [-0.39, 0.29) is 12.5 Å². The zero-order valence-corrected chi connectivity index (χ0v) is 42.8. The highest BCUT2D eigenvalue weighted by Crippen LogP contribution is 2.37. The van der Waals surface area contributed by atoms with Crippen LogP contribution < -0.4 is 0 Å². The van der Waals surface area contributed by atoms with Gasteiger partial charge in [-0.25, -0.2) is 0 Å². The standard InChI is InChI=1S/C50H86O20/c1-10-13-19-22-31-23-20-17-15-14-16-18-21-24-32(51)65-43-37(56)41(30(9)62-49(43)70-42-34(53)33(52)27(6)60-48(42)64-31)69-50-44(67-46(59)26(5)12-3)38(57)40(29(8)63-50)68-47-36(55)35(54)39(28(7)61-47)66-45(58)25(4)11-2/h25-31,33-44,47-50,52-57H,10-24H2,1-9H3. The molecule has 0 aromatic heterocycles. The summed E-state index contributed by atoms with van der Waals surface area (Å²) in [5.74, 6) is -3.04. The summed E-state index contributed by atoms with van der Waals surface area (Å²) < 4.78 is 67.6. The minimum absolute atomic E-state index is 0.0249. The molecule has 0 aromatic rings. The summed E-state index contributed by atoms with van der Waals surface area (Å²) in [6, 6.07) is 0. The number of aliphatic hydroxyl groups excluding tert-OH is 6. The van der Waals surface area contributed by atoms with Gasteiger partial charge in [0.25, 0.3) is 0 Å². The van der Waals surface area contributed by atoms with Gasteiger partial charge in [0, 0.05) is 6.42 Å². The molecule has 23 atom stereocenters. The van der Waals surface area contributed by atoms with E-state index in [1.54, 1.807) is 34.6 Å². The van der Waals surface area contributed by atoms with Crippen molar-refractivity contribution in [3.8, 4) is 0 Å². The van der Waals surface area contributed by atoms with Crippen molar-refractivity contribution < 1.29 is 97.1 Å². The predicted molar refractivity (Wildman–Crippen MR) is 247 cm³/mol. The molecule has 406 valence electrons. The van der Waals surface area contributed by atoms with E-state index >= 15 is 0 Å². The quantitative estimate of drug-likeness (QED) is 0.0824. The third-order valence-electron chi connectivity index (χ3n) is 14.6. The number of hydrogen-bond donors (Lipinski definition) is 6. The molecule has 5 rings (SSSR count). The summed E-state index contributed by atoms with van der Waals surface area (Å²) in [5, 5.41) is 69.1. The number of ether oxygens (including phenoxy) is 11. The minimum atomic E-state index is -1.75. The number of rotatable bonds is 14. The van der Waals surface area contributed by atoms with Gasteiger partial charge in [-0.3, -0.25) is 14.4 Å². The van der Waals surface area contributed by atoms with Gasteiger partial charge in [-0.15, -0.1) is 0 Å². The highest BCUT2D eigenvalue weighted by atomic mass is 16.8. The molecule has 0 spiro atoms. The maximum Gasteiger partial charge on any atom is 0.309 e. The van der Waals surface area contributed by atoms with E-state index < -0.39 is 153 Å². The maximum atomic E-state index is 13.6. The Morgan fingerprint density at radius 1 is 0.543 bits per heavy atom. The summed E-state index contributed by atoms with van der Waals surface area (Å²) in [7, 11) is 0. The van der Waals surface area contributed by atoms with Gasteiger partial charge in [-0.2, -0.15) is 0 Å². The molecule has 70 heavy (non-hydrogen) atoms. The lowest BCUT2D eigenvalue weighted by Crippen LogP contribution is -2.67. The summed E-state index contributed by atoms with van der Waals surface area (Å²) in [5.41, 5.74) is 0. The second-order valence-corrected chi connectivity index (χ2v) is 20.2. The van der Waals surface area contributed by atoms with E-state index in [9.17, 15) is 45.0 Å². The van der Waals surface area contributed by atoms with Crippen molar-refractivity contribution in [1.29, 1.82) is 0 Å². The van der Waals surface area contributed by atoms with Crippen LogP contribution in [0.3, 0.4) is 0 Å². The summed E-state index contributed by atoms with van der Waals surface area (Å²) in [6.45, 7) is 15.2. The summed E-state index contributed by atoms with van der Waals surface area (Å²) in [6.07, 6.45) is -16.9. The van der Waals surface area contributed by atoms with Crippen LogP contribution in [-0.4, -0.2) is 177 Å². The first-order valence-electron chi connectivity index (χ1n) is 26.2. The average Bonchev–Trinajstić information content (AvgIpc) is 3.32. The molecule has 5 saturated heterocycles. The number of aliphatic hydroxyl groups is 6. The molecule has 0 aromatic carbocycles. The zero-order chi connectivity index (χ0) is 51.4. The number of hydrogen-bond acceptors (Lipinski definition) is 20. The van der Waals surface area contributed by atoms with Crippen LogP contribution in [0.4, 0.5) is 0 Å². The molecule has 23 unspecified atom stereocenters. The number of carbonyl (C=O) groups is 3. The molecule has 0 bridgehead atoms. The van der Waals surface area contributed by atoms with Gasteiger partial charge in [0.15, 0.2) is 43.5 Å². The van der Waals surface area contributed by atoms with Crippen LogP contribution in [0.5, 0.6) is 0 Å². The van der Waals surface area contributed by atoms with Gasteiger partial charge in [-0.1, -0.05) is 92.4 Å². The Balaban J connectivity index is 1.40. The maximum absolute atomic E-state index is 13.6. The fourth-order valence-electron chi connectivity index (χ4n) is 9.50. The summed E-state index contributed by atoms with van der Waals surface area (Å²) in [4.78, 5) is 39.6. The van der Waals surface area contributed by atoms with Crippen molar-refractivity contribution in [2.45, 2.75) is 288 Å². The Kier molecular flexibility index (Phi) is 23.4. The molecule has 5 aliphatic rings. The topological polar surface area (TPSA) is 274 Å². The third kappa shape index (κ3) is 15.2. The Bertz CT molecular complexity index is 1590. The van der Waals surface area contributed by atoms with Crippen LogP contribution in [0, 0.1) is 11.8 Å². The van der Waals surface area contributed by atoms with Crippen molar-refractivity contribution in [3.05, 3.63) is 0 Å². The number of carbonyl (C=O) groups excluding carboxylic acids is 3. The summed E-state index contributed by atoms with van der Waals surface area (Å²) >= 11 is 0. The van der Waals surface area contributed by atoms with Crippen molar-refractivity contribution in [3.63, 3.8) is 0 Å². The van der Waals surface area contributed by atoms with Crippen molar-refractivity contribution in [2.75, 3.05) is 0 Å². The molecule has 5 fully saturated rings. The molecule has 5 heterocycles. The Morgan fingerprint density at radius 3 is 1.71 bits per heavy atom. The third-order valence-corrected chi connectivity index (χ3v) is 14.6. The Hall–Kier alpha value is -2.15. The molecule has 0 amide bonds. The van der Waals surface area contributed by atoms with E-state index in [0.717, 1.165) is 70.6 Å². The van der Waals surface area contributed by atoms with Gasteiger partial charge in [0.2, 0.25) is 0 Å². The van der Waals surface area contributed by atoms with E-state index in [4.69, 9.17) is 52.1 Å². The SMILES string of the molecule is CCCCCC1CCCCCCCCCC(=O)OC2C(OC(C)C(OC3OC(C)C(OC4OC(C)C(OC(=O)C(C)CC)C(O)C4O)C(O)C3OC(=O)C(C)CC)C2O)OC2C(O1)OC(C)C(O)C2O. The van der Waals surface area contributed by atoms with E-state index in [2.05, 4.69) is 6.92 Å². The van der Waals surface area contributed by atoms with E-state index in [1.165, 1.54) is 13.8 Å². The number of unbranched alkanes of at least 4 members (excludes halogenated alkanes) is 2. The molecular weight excluding hydrogens is 921 g/mol. The van der Waals surface area contributed by atoms with Gasteiger partial charge in [0.1, 0.15) is 54.9 Å². The van der Waals surface area contributed by atoms with Crippen molar-refractivity contribution in [1.82, 2.24) is 0 Å². The van der Waals surface area contributed by atoms with Crippen LogP contribution in [0.15, 0.2) is 0 Å². The second kappa shape index (κ2) is 27.9. The lowest BCUT2D eigenvalue weighted by Gasteiger charge is -2.49.